The maximum absolute atomic E-state index is 13.6. The fourth-order valence-corrected chi connectivity index (χ4v) is 4.31. The molecule has 0 saturated carbocycles. The first-order chi connectivity index (χ1) is 16.4. The quantitative estimate of drug-likeness (QED) is 0.307. The lowest BCUT2D eigenvalue weighted by Crippen LogP contribution is -2.28. The van der Waals surface area contributed by atoms with Gasteiger partial charge in [-0.15, -0.1) is 0 Å². The highest BCUT2D eigenvalue weighted by Crippen LogP contribution is 2.38. The summed E-state index contributed by atoms with van der Waals surface area (Å²) in [4.78, 5) is 2.30. The number of rotatable bonds is 9. The van der Waals surface area contributed by atoms with Crippen molar-refractivity contribution in [1.82, 2.24) is 4.90 Å². The molecule has 3 aromatic carbocycles. The predicted octanol–water partition coefficient (Wildman–Crippen LogP) is 6.56. The minimum Gasteiger partial charge on any atom is -0.461 e. The maximum Gasteiger partial charge on any atom is 0.173 e. The molecule has 1 N–H and O–H groups in total. The summed E-state index contributed by atoms with van der Waals surface area (Å²) in [6, 6.07) is 23.2. The minimum absolute atomic E-state index is 0.299. The molecule has 0 aliphatic rings. The SMILES string of the molecule is CCCN(Cc1cccc(C)c1)Cc1ccc(C(O)(c2ccc(F)cc2)c2ccc(F)cc2)o1. The van der Waals surface area contributed by atoms with Gasteiger partial charge in [0, 0.05) is 6.54 Å². The van der Waals surface area contributed by atoms with E-state index in [9.17, 15) is 13.9 Å². The smallest absolute Gasteiger partial charge is 0.173 e. The average molecular weight is 462 g/mol. The van der Waals surface area contributed by atoms with E-state index in [0.717, 1.165) is 19.5 Å². The Morgan fingerprint density at radius 3 is 2.00 bits per heavy atom. The molecule has 0 aliphatic carbocycles. The van der Waals surface area contributed by atoms with E-state index < -0.39 is 17.2 Å². The highest BCUT2D eigenvalue weighted by molar-refractivity contribution is 5.44. The molecule has 176 valence electrons. The van der Waals surface area contributed by atoms with Gasteiger partial charge in [0.05, 0.1) is 6.54 Å². The number of halogens is 2. The molecule has 0 saturated heterocycles. The number of nitrogens with zero attached hydrogens (tertiary/aromatic N) is 1. The van der Waals surface area contributed by atoms with Crippen LogP contribution >= 0.6 is 0 Å². The van der Waals surface area contributed by atoms with Gasteiger partial charge in [-0.3, -0.25) is 4.90 Å². The van der Waals surface area contributed by atoms with Gasteiger partial charge < -0.3 is 9.52 Å². The van der Waals surface area contributed by atoms with Crippen LogP contribution in [0.3, 0.4) is 0 Å². The number of benzene rings is 3. The Morgan fingerprint density at radius 2 is 1.44 bits per heavy atom. The molecule has 0 unspecified atom stereocenters. The third kappa shape index (κ3) is 5.27. The van der Waals surface area contributed by atoms with E-state index in [4.69, 9.17) is 4.42 Å². The van der Waals surface area contributed by atoms with Crippen LogP contribution in [-0.2, 0) is 18.7 Å². The molecule has 4 aromatic rings. The lowest BCUT2D eigenvalue weighted by Gasteiger charge is -2.27. The first-order valence-electron chi connectivity index (χ1n) is 11.5. The predicted molar refractivity (Wildman–Crippen MR) is 129 cm³/mol. The lowest BCUT2D eigenvalue weighted by molar-refractivity contribution is 0.0950. The Labute approximate surface area is 199 Å². The zero-order valence-corrected chi connectivity index (χ0v) is 19.5. The monoisotopic (exact) mass is 461 g/mol. The van der Waals surface area contributed by atoms with Gasteiger partial charge in [-0.05, 0) is 73.0 Å². The molecule has 5 heteroatoms. The highest BCUT2D eigenvalue weighted by atomic mass is 19.1. The van der Waals surface area contributed by atoms with Gasteiger partial charge in [0.25, 0.3) is 0 Å². The summed E-state index contributed by atoms with van der Waals surface area (Å²) in [7, 11) is 0. The van der Waals surface area contributed by atoms with Gasteiger partial charge in [0.2, 0.25) is 0 Å². The van der Waals surface area contributed by atoms with Gasteiger partial charge in [-0.25, -0.2) is 8.78 Å². The molecule has 34 heavy (non-hydrogen) atoms. The van der Waals surface area contributed by atoms with Crippen LogP contribution in [0.2, 0.25) is 0 Å². The van der Waals surface area contributed by atoms with E-state index in [1.165, 1.54) is 59.7 Å². The Morgan fingerprint density at radius 1 is 0.824 bits per heavy atom. The number of hydrogen-bond donors (Lipinski definition) is 1. The molecule has 0 fully saturated rings. The third-order valence-electron chi connectivity index (χ3n) is 5.95. The van der Waals surface area contributed by atoms with Gasteiger partial charge in [0.1, 0.15) is 23.2 Å². The average Bonchev–Trinajstić information content (AvgIpc) is 3.29. The molecule has 1 heterocycles. The van der Waals surface area contributed by atoms with Gasteiger partial charge in [-0.2, -0.15) is 0 Å². The Kier molecular flexibility index (Phi) is 7.25. The zero-order chi connectivity index (χ0) is 24.1. The number of hydrogen-bond acceptors (Lipinski definition) is 3. The first kappa shape index (κ1) is 23.9. The number of furan rings is 1. The molecule has 0 amide bonds. The molecule has 4 rings (SSSR count). The van der Waals surface area contributed by atoms with Crippen molar-refractivity contribution in [3.63, 3.8) is 0 Å². The van der Waals surface area contributed by atoms with Crippen molar-refractivity contribution in [3.8, 4) is 0 Å². The van der Waals surface area contributed by atoms with Crippen molar-refractivity contribution in [2.45, 2.75) is 39.0 Å². The van der Waals surface area contributed by atoms with Gasteiger partial charge in [-0.1, -0.05) is 61.0 Å². The Bertz CT molecular complexity index is 1170. The standard InChI is InChI=1S/C29H29F2NO2/c1-3-17-32(19-22-6-4-5-21(2)18-22)20-27-15-16-28(34-27)29(33,23-7-11-25(30)12-8-23)24-9-13-26(31)14-10-24/h4-16,18,33H,3,17,19-20H2,1-2H3. The summed E-state index contributed by atoms with van der Waals surface area (Å²) in [6.07, 6.45) is 0.995. The summed E-state index contributed by atoms with van der Waals surface area (Å²) in [6.45, 7) is 6.47. The molecule has 0 spiro atoms. The number of aliphatic hydroxyl groups is 1. The zero-order valence-electron chi connectivity index (χ0n) is 19.5. The third-order valence-corrected chi connectivity index (χ3v) is 5.95. The second kappa shape index (κ2) is 10.3. The number of aryl methyl sites for hydroxylation is 1. The molecule has 0 radical (unpaired) electrons. The molecule has 0 aliphatic heterocycles. The van der Waals surface area contributed by atoms with Gasteiger partial charge in [0.15, 0.2) is 5.60 Å². The molecule has 3 nitrogen and oxygen atoms in total. The minimum atomic E-state index is -1.69. The lowest BCUT2D eigenvalue weighted by atomic mass is 9.84. The molecular formula is C29H29F2NO2. The van der Waals surface area contributed by atoms with Crippen LogP contribution in [0.25, 0.3) is 0 Å². The fourth-order valence-electron chi connectivity index (χ4n) is 4.31. The molecular weight excluding hydrogens is 432 g/mol. The second-order valence-corrected chi connectivity index (χ2v) is 8.69. The van der Waals surface area contributed by atoms with Crippen LogP contribution < -0.4 is 0 Å². The van der Waals surface area contributed by atoms with Crippen LogP contribution in [0.5, 0.6) is 0 Å². The highest BCUT2D eigenvalue weighted by Gasteiger charge is 2.37. The van der Waals surface area contributed by atoms with E-state index >= 15 is 0 Å². The van der Waals surface area contributed by atoms with Crippen molar-refractivity contribution in [1.29, 1.82) is 0 Å². The van der Waals surface area contributed by atoms with Crippen LogP contribution in [-0.4, -0.2) is 16.6 Å². The summed E-state index contributed by atoms with van der Waals surface area (Å²) in [5, 5.41) is 11.9. The summed E-state index contributed by atoms with van der Waals surface area (Å²) in [5.74, 6) is 0.194. The Balaban J connectivity index is 1.65. The summed E-state index contributed by atoms with van der Waals surface area (Å²) < 4.78 is 33.4. The van der Waals surface area contributed by atoms with Crippen LogP contribution in [0, 0.1) is 18.6 Å². The molecule has 0 bridgehead atoms. The van der Waals surface area contributed by atoms with E-state index in [1.54, 1.807) is 6.07 Å². The normalized spacial score (nSPS) is 11.8. The van der Waals surface area contributed by atoms with Crippen molar-refractivity contribution < 1.29 is 18.3 Å². The van der Waals surface area contributed by atoms with E-state index in [0.29, 0.717) is 29.2 Å². The summed E-state index contributed by atoms with van der Waals surface area (Å²) in [5.41, 5.74) is 1.64. The molecule has 0 atom stereocenters. The van der Waals surface area contributed by atoms with Crippen LogP contribution in [0.15, 0.2) is 89.3 Å². The molecule has 1 aromatic heterocycles. The van der Waals surface area contributed by atoms with Crippen molar-refractivity contribution in [3.05, 3.63) is 130 Å². The van der Waals surface area contributed by atoms with Crippen molar-refractivity contribution >= 4 is 0 Å². The fraction of sp³-hybridized carbons (Fsp3) is 0.241. The van der Waals surface area contributed by atoms with E-state index in [1.807, 2.05) is 6.07 Å². The largest absolute Gasteiger partial charge is 0.461 e. The van der Waals surface area contributed by atoms with E-state index in [-0.39, 0.29) is 0 Å². The Hall–Kier alpha value is -3.28. The van der Waals surface area contributed by atoms with Crippen molar-refractivity contribution in [2.75, 3.05) is 6.54 Å². The summed E-state index contributed by atoms with van der Waals surface area (Å²) >= 11 is 0. The van der Waals surface area contributed by atoms with Crippen molar-refractivity contribution in [2.24, 2.45) is 0 Å². The van der Waals surface area contributed by atoms with Crippen LogP contribution in [0.4, 0.5) is 8.78 Å². The van der Waals surface area contributed by atoms with Crippen LogP contribution in [0.1, 0.15) is 47.1 Å². The maximum atomic E-state index is 13.6. The van der Waals surface area contributed by atoms with Gasteiger partial charge >= 0.3 is 0 Å². The topological polar surface area (TPSA) is 36.6 Å². The first-order valence-corrected chi connectivity index (χ1v) is 11.5. The van der Waals surface area contributed by atoms with E-state index in [2.05, 4.69) is 43.0 Å². The second-order valence-electron chi connectivity index (χ2n) is 8.69.